The van der Waals surface area contributed by atoms with Crippen molar-refractivity contribution in [3.63, 3.8) is 0 Å². The second-order valence-corrected chi connectivity index (χ2v) is 6.01. The van der Waals surface area contributed by atoms with Crippen LogP contribution in [0.2, 0.25) is 0 Å². The highest BCUT2D eigenvalue weighted by atomic mass is 16.3. The Labute approximate surface area is 158 Å². The number of phenols is 1. The van der Waals surface area contributed by atoms with Gasteiger partial charge in [0.25, 0.3) is 0 Å². The molecule has 7 N–H and O–H groups in total. The Hall–Kier alpha value is -3.10. The summed E-state index contributed by atoms with van der Waals surface area (Å²) in [5.74, 6) is -1.50. The molecule has 1 aromatic rings. The Bertz CT molecular complexity index is 675. The molecule has 0 saturated carbocycles. The van der Waals surface area contributed by atoms with E-state index in [2.05, 4.69) is 16.0 Å². The first-order chi connectivity index (χ1) is 12.7. The quantitative estimate of drug-likeness (QED) is 0.241. The zero-order valence-electron chi connectivity index (χ0n) is 15.4. The first-order valence-electron chi connectivity index (χ1n) is 8.55. The van der Waals surface area contributed by atoms with Gasteiger partial charge in [-0.3, -0.25) is 19.8 Å². The molecule has 147 valence electrons. The van der Waals surface area contributed by atoms with Gasteiger partial charge in [0, 0.05) is 12.8 Å². The predicted molar refractivity (Wildman–Crippen MR) is 101 cm³/mol. The third-order valence-corrected chi connectivity index (χ3v) is 3.64. The minimum atomic E-state index is -0.877. The van der Waals surface area contributed by atoms with Crippen molar-refractivity contribution >= 4 is 23.6 Å². The number of ketones is 1. The highest BCUT2D eigenvalue weighted by Gasteiger charge is 2.23. The number of hydrogen-bond donors (Lipinski definition) is 6. The predicted octanol–water partition coefficient (Wildman–Crippen LogP) is -0.409. The normalized spacial score (nSPS) is 12.5. The van der Waals surface area contributed by atoms with Crippen molar-refractivity contribution < 1.29 is 19.5 Å². The summed E-state index contributed by atoms with van der Waals surface area (Å²) < 4.78 is 0. The average Bonchev–Trinajstić information content (AvgIpc) is 2.60. The number of hydrogen-bond acceptors (Lipinski definition) is 5. The third kappa shape index (κ3) is 8.21. The lowest BCUT2D eigenvalue weighted by Gasteiger charge is -2.21. The van der Waals surface area contributed by atoms with Crippen LogP contribution in [-0.4, -0.2) is 47.3 Å². The molecule has 1 aromatic carbocycles. The molecule has 2 atom stereocenters. The summed E-state index contributed by atoms with van der Waals surface area (Å²) in [6.07, 6.45) is 2.24. The maximum absolute atomic E-state index is 12.5. The molecule has 1 rings (SSSR count). The van der Waals surface area contributed by atoms with Gasteiger partial charge >= 0.3 is 0 Å². The van der Waals surface area contributed by atoms with Gasteiger partial charge in [-0.05, 0) is 31.0 Å². The summed E-state index contributed by atoms with van der Waals surface area (Å²) in [5.41, 5.74) is 6.08. The molecule has 0 aliphatic carbocycles. The van der Waals surface area contributed by atoms with Gasteiger partial charge in [0.2, 0.25) is 11.8 Å². The van der Waals surface area contributed by atoms with Crippen LogP contribution >= 0.6 is 0 Å². The zero-order valence-corrected chi connectivity index (χ0v) is 15.4. The molecule has 2 amide bonds. The lowest BCUT2D eigenvalue weighted by Crippen LogP contribution is -2.54. The number of amides is 2. The smallest absolute Gasteiger partial charge is 0.243 e. The fraction of sp³-hybridized carbons (Fsp3) is 0.389. The van der Waals surface area contributed by atoms with E-state index in [4.69, 9.17) is 11.1 Å². The van der Waals surface area contributed by atoms with Gasteiger partial charge < -0.3 is 26.8 Å². The number of aromatic hydroxyl groups is 1. The summed E-state index contributed by atoms with van der Waals surface area (Å²) in [5, 5.41) is 24.2. The van der Waals surface area contributed by atoms with Gasteiger partial charge in [-0.1, -0.05) is 19.1 Å². The molecule has 0 bridgehead atoms. The van der Waals surface area contributed by atoms with Gasteiger partial charge in [0.15, 0.2) is 11.7 Å². The van der Waals surface area contributed by atoms with E-state index >= 15 is 0 Å². The monoisotopic (exact) mass is 376 g/mol. The van der Waals surface area contributed by atoms with Crippen molar-refractivity contribution in [2.24, 2.45) is 5.73 Å². The molecular formula is C18H26N5O4. The zero-order chi connectivity index (χ0) is 20.4. The molecular weight excluding hydrogens is 350 g/mol. The van der Waals surface area contributed by atoms with Crippen molar-refractivity contribution in [3.05, 3.63) is 36.2 Å². The number of guanidine groups is 1. The lowest BCUT2D eigenvalue weighted by atomic mass is 10.0. The van der Waals surface area contributed by atoms with Crippen molar-refractivity contribution in [2.45, 2.75) is 38.8 Å². The van der Waals surface area contributed by atoms with Gasteiger partial charge in [-0.15, -0.1) is 0 Å². The van der Waals surface area contributed by atoms with E-state index in [-0.39, 0.29) is 30.5 Å². The number of carbonyl (C=O) groups is 3. The van der Waals surface area contributed by atoms with E-state index in [0.717, 1.165) is 5.56 Å². The Balaban J connectivity index is 2.66. The van der Waals surface area contributed by atoms with Crippen LogP contribution in [0.1, 0.15) is 25.8 Å². The Morgan fingerprint density at radius 3 is 2.37 bits per heavy atom. The minimum Gasteiger partial charge on any atom is -0.508 e. The molecule has 0 unspecified atom stereocenters. The standard InChI is InChI=1S/C18H26N5O4/c1-3-4-14(25)10-21-16(26)11(2)22-17(27)15(23-18(19)20)9-12-5-7-13(24)8-6-12/h4-8,11,15,24H,3,9-10H2,1-2H3,(H,21,26)(H,22,27)(H4,19,20,23)/t11-,15-/m0/s1. The summed E-state index contributed by atoms with van der Waals surface area (Å²) >= 11 is 0. The lowest BCUT2D eigenvalue weighted by molar-refractivity contribution is -0.130. The van der Waals surface area contributed by atoms with E-state index in [1.807, 2.05) is 6.92 Å². The molecule has 0 aromatic heterocycles. The summed E-state index contributed by atoms with van der Waals surface area (Å²) in [4.78, 5) is 35.9. The number of phenolic OH excluding ortho intramolecular Hbond substituents is 1. The molecule has 9 heteroatoms. The van der Waals surface area contributed by atoms with Crippen molar-refractivity contribution in [2.75, 3.05) is 6.54 Å². The van der Waals surface area contributed by atoms with Crippen molar-refractivity contribution in [1.29, 1.82) is 5.41 Å². The fourth-order valence-corrected chi connectivity index (χ4v) is 2.27. The maximum atomic E-state index is 12.5. The second-order valence-electron chi connectivity index (χ2n) is 6.01. The highest BCUT2D eigenvalue weighted by molar-refractivity contribution is 5.95. The van der Waals surface area contributed by atoms with Gasteiger partial charge in [-0.2, -0.15) is 0 Å². The fourth-order valence-electron chi connectivity index (χ4n) is 2.27. The molecule has 1 radical (unpaired) electrons. The van der Waals surface area contributed by atoms with Crippen LogP contribution < -0.4 is 21.7 Å². The largest absolute Gasteiger partial charge is 0.508 e. The van der Waals surface area contributed by atoms with Crippen LogP contribution in [0.25, 0.3) is 0 Å². The van der Waals surface area contributed by atoms with Crippen LogP contribution in [0.3, 0.4) is 0 Å². The first-order valence-corrected chi connectivity index (χ1v) is 8.55. The SMILES string of the molecule is CC[CH]C(=O)CNC(=O)[C@H](C)NC(=O)[C@H](Cc1ccc(O)cc1)NC(=N)N. The summed E-state index contributed by atoms with van der Waals surface area (Å²) in [6, 6.07) is 4.50. The molecule has 27 heavy (non-hydrogen) atoms. The van der Waals surface area contributed by atoms with Crippen LogP contribution in [0.5, 0.6) is 5.75 Å². The number of nitrogens with one attached hydrogen (secondary N) is 4. The Morgan fingerprint density at radius 2 is 1.81 bits per heavy atom. The number of Topliss-reactive ketones (excluding diaryl/α,β-unsaturated/α-hetero) is 1. The van der Waals surface area contributed by atoms with Gasteiger partial charge in [0.1, 0.15) is 17.8 Å². The van der Waals surface area contributed by atoms with Crippen LogP contribution in [0, 0.1) is 11.8 Å². The minimum absolute atomic E-state index is 0.0967. The van der Waals surface area contributed by atoms with Crippen LogP contribution in [0.4, 0.5) is 0 Å². The van der Waals surface area contributed by atoms with E-state index in [1.54, 1.807) is 12.1 Å². The van der Waals surface area contributed by atoms with Crippen molar-refractivity contribution in [1.82, 2.24) is 16.0 Å². The molecule has 0 fully saturated rings. The summed E-state index contributed by atoms with van der Waals surface area (Å²) in [7, 11) is 0. The van der Waals surface area contributed by atoms with Crippen LogP contribution in [0.15, 0.2) is 24.3 Å². The van der Waals surface area contributed by atoms with Gasteiger partial charge in [0.05, 0.1) is 6.54 Å². The van der Waals surface area contributed by atoms with Crippen molar-refractivity contribution in [3.8, 4) is 5.75 Å². The average molecular weight is 376 g/mol. The van der Waals surface area contributed by atoms with E-state index in [0.29, 0.717) is 6.42 Å². The topological polar surface area (TPSA) is 157 Å². The number of nitrogens with two attached hydrogens (primary N) is 1. The third-order valence-electron chi connectivity index (χ3n) is 3.64. The summed E-state index contributed by atoms with van der Waals surface area (Å²) in [6.45, 7) is 3.18. The molecule has 0 spiro atoms. The highest BCUT2D eigenvalue weighted by Crippen LogP contribution is 2.11. The Morgan fingerprint density at radius 1 is 1.19 bits per heavy atom. The molecule has 0 aliphatic heterocycles. The Kier molecular flexibility index (Phi) is 8.77. The number of benzene rings is 1. The molecule has 0 aliphatic rings. The molecule has 0 saturated heterocycles. The van der Waals surface area contributed by atoms with E-state index < -0.39 is 23.9 Å². The maximum Gasteiger partial charge on any atom is 0.243 e. The first kappa shape index (κ1) is 21.9. The molecule has 0 heterocycles. The van der Waals surface area contributed by atoms with Crippen LogP contribution in [-0.2, 0) is 20.8 Å². The van der Waals surface area contributed by atoms with Gasteiger partial charge in [-0.25, -0.2) is 0 Å². The van der Waals surface area contributed by atoms with E-state index in [1.165, 1.54) is 25.5 Å². The number of carbonyl (C=O) groups excluding carboxylic acids is 3. The number of rotatable bonds is 10. The molecule has 9 nitrogen and oxygen atoms in total. The van der Waals surface area contributed by atoms with E-state index in [9.17, 15) is 19.5 Å². The second kappa shape index (κ2) is 10.8.